The Morgan fingerprint density at radius 3 is 2.82 bits per heavy atom. The van der Waals surface area contributed by atoms with E-state index in [4.69, 9.17) is 0 Å². The van der Waals surface area contributed by atoms with E-state index in [1.54, 1.807) is 14.0 Å². The van der Waals surface area contributed by atoms with Gasteiger partial charge in [-0.2, -0.15) is 0 Å². The summed E-state index contributed by atoms with van der Waals surface area (Å²) >= 11 is 0. The molecule has 0 bridgehead atoms. The molecule has 98 valence electrons. The van der Waals surface area contributed by atoms with Crippen molar-refractivity contribution >= 4 is 11.8 Å². The van der Waals surface area contributed by atoms with E-state index in [9.17, 15) is 9.59 Å². The van der Waals surface area contributed by atoms with Gasteiger partial charge in [0.1, 0.15) is 6.04 Å². The minimum absolute atomic E-state index is 0.0944. The number of hydrogen-bond acceptors (Lipinski definition) is 4. The summed E-state index contributed by atoms with van der Waals surface area (Å²) in [4.78, 5) is 25.0. The lowest BCUT2D eigenvalue weighted by molar-refractivity contribution is -0.128. The molecule has 1 atom stereocenters. The average Bonchev–Trinajstić information content (AvgIpc) is 2.56. The van der Waals surface area contributed by atoms with Gasteiger partial charge in [-0.05, 0) is 26.4 Å². The second-order valence-electron chi connectivity index (χ2n) is 4.28. The number of carbonyl (C=O) groups excluding carboxylic acids is 2. The Morgan fingerprint density at radius 1 is 1.35 bits per heavy atom. The molecule has 1 aliphatic heterocycles. The average molecular weight is 242 g/mol. The number of nitrogens with zero attached hydrogens (tertiary/aromatic N) is 1. The Bertz CT molecular complexity index is 262. The van der Waals surface area contributed by atoms with Crippen molar-refractivity contribution in [3.63, 3.8) is 0 Å². The lowest BCUT2D eigenvalue weighted by Crippen LogP contribution is -2.47. The molecule has 6 heteroatoms. The van der Waals surface area contributed by atoms with Crippen molar-refractivity contribution in [3.05, 3.63) is 0 Å². The fourth-order valence-electron chi connectivity index (χ4n) is 1.83. The van der Waals surface area contributed by atoms with Crippen molar-refractivity contribution in [3.8, 4) is 0 Å². The van der Waals surface area contributed by atoms with Gasteiger partial charge < -0.3 is 16.0 Å². The zero-order chi connectivity index (χ0) is 12.7. The summed E-state index contributed by atoms with van der Waals surface area (Å²) in [5, 5.41) is 8.47. The van der Waals surface area contributed by atoms with E-state index < -0.39 is 6.04 Å². The zero-order valence-corrected chi connectivity index (χ0v) is 10.6. The van der Waals surface area contributed by atoms with E-state index in [2.05, 4.69) is 20.9 Å². The standard InChI is InChI=1S/C11H22N4O2/c1-9(11(17)12-2)14-10(16)8-15-6-3-4-13-5-7-15/h9,13H,3-8H2,1-2H3,(H,12,17)(H,14,16). The molecule has 17 heavy (non-hydrogen) atoms. The molecule has 1 unspecified atom stereocenters. The first-order valence-corrected chi connectivity index (χ1v) is 6.07. The number of rotatable bonds is 4. The summed E-state index contributed by atoms with van der Waals surface area (Å²) in [6.07, 6.45) is 1.05. The Balaban J connectivity index is 2.30. The van der Waals surface area contributed by atoms with Crippen LogP contribution in [0.25, 0.3) is 0 Å². The van der Waals surface area contributed by atoms with Crippen molar-refractivity contribution in [2.45, 2.75) is 19.4 Å². The van der Waals surface area contributed by atoms with Gasteiger partial charge in [-0.15, -0.1) is 0 Å². The minimum atomic E-state index is -0.474. The van der Waals surface area contributed by atoms with Crippen LogP contribution in [0.1, 0.15) is 13.3 Å². The molecule has 2 amide bonds. The quantitative estimate of drug-likeness (QED) is 0.563. The Hall–Kier alpha value is -1.14. The second kappa shape index (κ2) is 7.24. The maximum atomic E-state index is 11.7. The van der Waals surface area contributed by atoms with Gasteiger partial charge in [0.2, 0.25) is 11.8 Å². The fraction of sp³-hybridized carbons (Fsp3) is 0.818. The monoisotopic (exact) mass is 242 g/mol. The molecule has 0 aromatic carbocycles. The first kappa shape index (κ1) is 13.9. The molecular weight excluding hydrogens is 220 g/mol. The number of carbonyl (C=O) groups is 2. The van der Waals surface area contributed by atoms with Gasteiger partial charge in [0.25, 0.3) is 0 Å². The first-order valence-electron chi connectivity index (χ1n) is 6.07. The van der Waals surface area contributed by atoms with Crippen LogP contribution in [0.4, 0.5) is 0 Å². The van der Waals surface area contributed by atoms with E-state index >= 15 is 0 Å². The van der Waals surface area contributed by atoms with Crippen molar-refractivity contribution in [2.24, 2.45) is 0 Å². The zero-order valence-electron chi connectivity index (χ0n) is 10.6. The molecule has 0 aliphatic carbocycles. The maximum absolute atomic E-state index is 11.7. The van der Waals surface area contributed by atoms with E-state index in [1.165, 1.54) is 0 Å². The molecule has 0 aromatic rings. The van der Waals surface area contributed by atoms with Crippen LogP contribution in [0.3, 0.4) is 0 Å². The van der Waals surface area contributed by atoms with Crippen LogP contribution < -0.4 is 16.0 Å². The predicted molar refractivity (Wildman–Crippen MR) is 65.6 cm³/mol. The highest BCUT2D eigenvalue weighted by molar-refractivity contribution is 5.87. The van der Waals surface area contributed by atoms with Crippen LogP contribution in [0.5, 0.6) is 0 Å². The second-order valence-corrected chi connectivity index (χ2v) is 4.28. The third kappa shape index (κ3) is 5.14. The summed E-state index contributed by atoms with van der Waals surface area (Å²) in [6.45, 7) is 5.77. The van der Waals surface area contributed by atoms with Crippen LogP contribution in [0.15, 0.2) is 0 Å². The van der Waals surface area contributed by atoms with Gasteiger partial charge >= 0.3 is 0 Å². The summed E-state index contributed by atoms with van der Waals surface area (Å²) in [7, 11) is 1.56. The van der Waals surface area contributed by atoms with E-state index in [0.29, 0.717) is 6.54 Å². The Labute approximate surface area is 102 Å². The van der Waals surface area contributed by atoms with Crippen molar-refractivity contribution in [1.82, 2.24) is 20.9 Å². The summed E-state index contributed by atoms with van der Waals surface area (Å²) < 4.78 is 0. The van der Waals surface area contributed by atoms with Crippen molar-refractivity contribution < 1.29 is 9.59 Å². The van der Waals surface area contributed by atoms with Gasteiger partial charge in [0.15, 0.2) is 0 Å². The number of nitrogens with one attached hydrogen (secondary N) is 3. The van der Waals surface area contributed by atoms with Gasteiger partial charge in [-0.1, -0.05) is 0 Å². The Morgan fingerprint density at radius 2 is 2.12 bits per heavy atom. The van der Waals surface area contributed by atoms with E-state index in [0.717, 1.165) is 32.6 Å². The molecule has 0 radical (unpaired) electrons. The van der Waals surface area contributed by atoms with E-state index in [1.807, 2.05) is 0 Å². The highest BCUT2D eigenvalue weighted by Gasteiger charge is 2.17. The molecule has 0 spiro atoms. The molecule has 0 saturated carbocycles. The lowest BCUT2D eigenvalue weighted by atomic mass is 10.3. The minimum Gasteiger partial charge on any atom is -0.357 e. The van der Waals surface area contributed by atoms with E-state index in [-0.39, 0.29) is 11.8 Å². The SMILES string of the molecule is CNC(=O)C(C)NC(=O)CN1CCCNCC1. The molecule has 1 rings (SSSR count). The van der Waals surface area contributed by atoms with Crippen molar-refractivity contribution in [2.75, 3.05) is 39.8 Å². The van der Waals surface area contributed by atoms with Gasteiger partial charge in [0, 0.05) is 20.1 Å². The molecule has 1 saturated heterocycles. The predicted octanol–water partition coefficient (Wildman–Crippen LogP) is -1.47. The molecule has 1 aliphatic rings. The lowest BCUT2D eigenvalue weighted by Gasteiger charge is -2.20. The maximum Gasteiger partial charge on any atom is 0.242 e. The molecule has 0 aromatic heterocycles. The van der Waals surface area contributed by atoms with Crippen LogP contribution in [-0.4, -0.2) is 62.5 Å². The molecule has 1 heterocycles. The third-order valence-corrected chi connectivity index (χ3v) is 2.82. The van der Waals surface area contributed by atoms with Crippen LogP contribution in [0, 0.1) is 0 Å². The van der Waals surface area contributed by atoms with Gasteiger partial charge in [-0.3, -0.25) is 14.5 Å². The van der Waals surface area contributed by atoms with Gasteiger partial charge in [-0.25, -0.2) is 0 Å². The van der Waals surface area contributed by atoms with Gasteiger partial charge in [0.05, 0.1) is 6.54 Å². The molecule has 6 nitrogen and oxygen atoms in total. The fourth-order valence-corrected chi connectivity index (χ4v) is 1.83. The van der Waals surface area contributed by atoms with Crippen LogP contribution >= 0.6 is 0 Å². The molecule has 3 N–H and O–H groups in total. The van der Waals surface area contributed by atoms with Crippen LogP contribution in [0.2, 0.25) is 0 Å². The molecule has 1 fully saturated rings. The largest absolute Gasteiger partial charge is 0.357 e. The summed E-state index contributed by atoms with van der Waals surface area (Å²) in [5.74, 6) is -0.265. The van der Waals surface area contributed by atoms with Crippen molar-refractivity contribution in [1.29, 1.82) is 0 Å². The normalized spacial score (nSPS) is 19.2. The highest BCUT2D eigenvalue weighted by atomic mass is 16.2. The topological polar surface area (TPSA) is 73.5 Å². The summed E-state index contributed by atoms with van der Waals surface area (Å²) in [5.41, 5.74) is 0. The first-order chi connectivity index (χ1) is 8.13. The summed E-state index contributed by atoms with van der Waals surface area (Å²) in [6, 6.07) is -0.474. The number of likely N-dealkylation sites (N-methyl/N-ethyl adjacent to an activating group) is 1. The number of hydrogen-bond donors (Lipinski definition) is 3. The highest BCUT2D eigenvalue weighted by Crippen LogP contribution is 1.95. The van der Waals surface area contributed by atoms with Crippen LogP contribution in [-0.2, 0) is 9.59 Å². The third-order valence-electron chi connectivity index (χ3n) is 2.82. The smallest absolute Gasteiger partial charge is 0.242 e. The molecular formula is C11H22N4O2. The Kier molecular flexibility index (Phi) is 5.93. The number of amides is 2.